The van der Waals surface area contributed by atoms with Crippen molar-refractivity contribution < 1.29 is 9.13 Å². The zero-order valence-electron chi connectivity index (χ0n) is 17.4. The molecule has 1 aliphatic rings. The summed E-state index contributed by atoms with van der Waals surface area (Å²) < 4.78 is 20.6. The van der Waals surface area contributed by atoms with E-state index in [0.717, 1.165) is 56.4 Å². The van der Waals surface area contributed by atoms with Gasteiger partial charge < -0.3 is 15.4 Å². The van der Waals surface area contributed by atoms with Gasteiger partial charge in [-0.15, -0.1) is 0 Å². The Bertz CT molecular complexity index is 815. The van der Waals surface area contributed by atoms with Crippen LogP contribution in [0.3, 0.4) is 0 Å². The zero-order valence-corrected chi connectivity index (χ0v) is 17.4. The lowest BCUT2D eigenvalue weighted by atomic mass is 10.0. The summed E-state index contributed by atoms with van der Waals surface area (Å²) in [7, 11) is 3.34. The minimum atomic E-state index is -0.309. The third-order valence-corrected chi connectivity index (χ3v) is 5.08. The van der Waals surface area contributed by atoms with Gasteiger partial charge in [0.25, 0.3) is 0 Å². The van der Waals surface area contributed by atoms with Gasteiger partial charge in [-0.2, -0.15) is 5.10 Å². The van der Waals surface area contributed by atoms with Crippen molar-refractivity contribution in [2.45, 2.75) is 38.9 Å². The molecule has 0 amide bonds. The maximum Gasteiger partial charge on any atom is 0.191 e. The SMILES string of the molecule is CCNC(=NCc1ncnn1C)NC1CCN(Cc2ccc(OC)c(F)c2)CC1. The number of aromatic nitrogens is 3. The van der Waals surface area contributed by atoms with Gasteiger partial charge >= 0.3 is 0 Å². The van der Waals surface area contributed by atoms with E-state index in [4.69, 9.17) is 4.74 Å². The second-order valence-corrected chi connectivity index (χ2v) is 7.16. The van der Waals surface area contributed by atoms with Crippen LogP contribution in [0.2, 0.25) is 0 Å². The summed E-state index contributed by atoms with van der Waals surface area (Å²) in [6.07, 6.45) is 3.55. The normalized spacial score (nSPS) is 16.1. The molecular formula is C20H30FN7O. The molecule has 1 fully saturated rings. The minimum absolute atomic E-state index is 0.285. The number of hydrogen-bond donors (Lipinski definition) is 2. The summed E-state index contributed by atoms with van der Waals surface area (Å²) in [6, 6.07) is 5.53. The average Bonchev–Trinajstić information content (AvgIpc) is 3.13. The molecule has 158 valence electrons. The maximum absolute atomic E-state index is 13.9. The number of benzene rings is 1. The van der Waals surface area contributed by atoms with Crippen molar-refractivity contribution in [3.8, 4) is 5.75 Å². The van der Waals surface area contributed by atoms with Crippen molar-refractivity contribution in [1.82, 2.24) is 30.3 Å². The Morgan fingerprint density at radius 3 is 2.76 bits per heavy atom. The van der Waals surface area contributed by atoms with Crippen molar-refractivity contribution in [3.63, 3.8) is 0 Å². The molecule has 0 radical (unpaired) electrons. The van der Waals surface area contributed by atoms with Crippen molar-refractivity contribution in [2.75, 3.05) is 26.7 Å². The molecule has 0 unspecified atom stereocenters. The quantitative estimate of drug-likeness (QED) is 0.541. The molecule has 0 atom stereocenters. The first-order valence-electron chi connectivity index (χ1n) is 10.0. The van der Waals surface area contributed by atoms with Gasteiger partial charge in [0.15, 0.2) is 17.5 Å². The van der Waals surface area contributed by atoms with Gasteiger partial charge in [-0.1, -0.05) is 6.07 Å². The summed E-state index contributed by atoms with van der Waals surface area (Å²) in [4.78, 5) is 11.2. The molecule has 1 aliphatic heterocycles. The van der Waals surface area contributed by atoms with Crippen molar-refractivity contribution in [3.05, 3.63) is 41.7 Å². The van der Waals surface area contributed by atoms with Crippen molar-refractivity contribution >= 4 is 5.96 Å². The average molecular weight is 404 g/mol. The van der Waals surface area contributed by atoms with Crippen LogP contribution in [0.5, 0.6) is 5.75 Å². The van der Waals surface area contributed by atoms with Crippen LogP contribution in [0.15, 0.2) is 29.5 Å². The molecule has 9 heteroatoms. The molecule has 1 aromatic heterocycles. The molecule has 0 spiro atoms. The van der Waals surface area contributed by atoms with Gasteiger partial charge in [0.2, 0.25) is 0 Å². The third-order valence-electron chi connectivity index (χ3n) is 5.08. The van der Waals surface area contributed by atoms with Crippen molar-refractivity contribution in [2.24, 2.45) is 12.0 Å². The number of likely N-dealkylation sites (tertiary alicyclic amines) is 1. The summed E-state index contributed by atoms with van der Waals surface area (Å²) in [5, 5.41) is 10.9. The number of piperidine rings is 1. The van der Waals surface area contributed by atoms with Crippen LogP contribution in [0.4, 0.5) is 4.39 Å². The first-order chi connectivity index (χ1) is 14.1. The Hall–Kier alpha value is -2.68. The predicted octanol–water partition coefficient (Wildman–Crippen LogP) is 1.68. The van der Waals surface area contributed by atoms with Crippen LogP contribution in [-0.2, 0) is 20.1 Å². The van der Waals surface area contributed by atoms with Crippen LogP contribution in [0, 0.1) is 5.82 Å². The number of nitrogens with zero attached hydrogens (tertiary/aromatic N) is 5. The van der Waals surface area contributed by atoms with E-state index in [1.165, 1.54) is 13.4 Å². The number of rotatable bonds is 7. The van der Waals surface area contributed by atoms with Gasteiger partial charge in [-0.05, 0) is 37.5 Å². The predicted molar refractivity (Wildman–Crippen MR) is 110 cm³/mol. The Morgan fingerprint density at radius 1 is 1.34 bits per heavy atom. The molecule has 3 rings (SSSR count). The number of hydrogen-bond acceptors (Lipinski definition) is 5. The Labute approximate surface area is 171 Å². The molecule has 0 aliphatic carbocycles. The van der Waals surface area contributed by atoms with Gasteiger partial charge in [0.05, 0.1) is 7.11 Å². The first-order valence-corrected chi connectivity index (χ1v) is 10.0. The maximum atomic E-state index is 13.9. The number of halogens is 1. The number of ether oxygens (including phenoxy) is 1. The van der Waals surface area contributed by atoms with E-state index >= 15 is 0 Å². The van der Waals surface area contributed by atoms with E-state index in [2.05, 4.69) is 37.5 Å². The van der Waals surface area contributed by atoms with Gasteiger partial charge in [0, 0.05) is 39.3 Å². The number of aliphatic imine (C=N–C) groups is 1. The summed E-state index contributed by atoms with van der Waals surface area (Å²) in [6.45, 7) is 5.98. The smallest absolute Gasteiger partial charge is 0.191 e. The van der Waals surface area contributed by atoms with E-state index in [0.29, 0.717) is 12.6 Å². The van der Waals surface area contributed by atoms with Crippen molar-refractivity contribution in [1.29, 1.82) is 0 Å². The lowest BCUT2D eigenvalue weighted by Crippen LogP contribution is -2.48. The second kappa shape index (κ2) is 10.2. The molecule has 0 bridgehead atoms. The molecular weight excluding hydrogens is 373 g/mol. The van der Waals surface area contributed by atoms with Crippen LogP contribution in [-0.4, -0.2) is 58.4 Å². The monoisotopic (exact) mass is 403 g/mol. The van der Waals surface area contributed by atoms with E-state index in [1.54, 1.807) is 16.8 Å². The van der Waals surface area contributed by atoms with E-state index in [-0.39, 0.29) is 11.6 Å². The molecule has 2 heterocycles. The topological polar surface area (TPSA) is 79.6 Å². The summed E-state index contributed by atoms with van der Waals surface area (Å²) in [5.41, 5.74) is 0.966. The molecule has 2 aromatic rings. The fourth-order valence-electron chi connectivity index (χ4n) is 3.43. The largest absolute Gasteiger partial charge is 0.494 e. The lowest BCUT2D eigenvalue weighted by molar-refractivity contribution is 0.198. The highest BCUT2D eigenvalue weighted by atomic mass is 19.1. The first kappa shape index (κ1) is 21.0. The Kier molecular flexibility index (Phi) is 7.40. The Morgan fingerprint density at radius 2 is 2.14 bits per heavy atom. The second-order valence-electron chi connectivity index (χ2n) is 7.16. The van der Waals surface area contributed by atoms with E-state index in [9.17, 15) is 4.39 Å². The van der Waals surface area contributed by atoms with Crippen LogP contribution in [0.1, 0.15) is 31.2 Å². The summed E-state index contributed by atoms with van der Waals surface area (Å²) >= 11 is 0. The minimum Gasteiger partial charge on any atom is -0.494 e. The third kappa shape index (κ3) is 5.90. The lowest BCUT2D eigenvalue weighted by Gasteiger charge is -2.33. The fraction of sp³-hybridized carbons (Fsp3) is 0.550. The molecule has 1 aromatic carbocycles. The van der Waals surface area contributed by atoms with Crippen LogP contribution in [0.25, 0.3) is 0 Å². The highest BCUT2D eigenvalue weighted by molar-refractivity contribution is 5.80. The molecule has 2 N–H and O–H groups in total. The number of aryl methyl sites for hydroxylation is 1. The number of nitrogens with one attached hydrogen (secondary N) is 2. The Balaban J connectivity index is 1.49. The highest BCUT2D eigenvalue weighted by Gasteiger charge is 2.20. The standard InChI is InChI=1S/C20H30FN7O/c1-4-22-20(23-12-19-24-14-25-27(19)2)26-16-7-9-28(10-8-16)13-15-5-6-18(29-3)17(21)11-15/h5-6,11,14,16H,4,7-10,12-13H2,1-3H3,(H2,22,23,26). The van der Waals surface area contributed by atoms with Gasteiger partial charge in [0.1, 0.15) is 18.7 Å². The highest BCUT2D eigenvalue weighted by Crippen LogP contribution is 2.20. The zero-order chi connectivity index (χ0) is 20.6. The summed E-state index contributed by atoms with van der Waals surface area (Å²) in [5.74, 6) is 1.60. The van der Waals surface area contributed by atoms with Gasteiger partial charge in [-0.25, -0.2) is 14.4 Å². The number of methoxy groups -OCH3 is 1. The molecule has 1 saturated heterocycles. The van der Waals surface area contributed by atoms with Crippen LogP contribution >= 0.6 is 0 Å². The number of guanidine groups is 1. The molecule has 29 heavy (non-hydrogen) atoms. The van der Waals surface area contributed by atoms with Crippen LogP contribution < -0.4 is 15.4 Å². The molecule has 0 saturated carbocycles. The van der Waals surface area contributed by atoms with E-state index in [1.807, 2.05) is 13.1 Å². The van der Waals surface area contributed by atoms with E-state index < -0.39 is 0 Å². The molecule has 8 nitrogen and oxygen atoms in total. The fourth-order valence-corrected chi connectivity index (χ4v) is 3.43. The van der Waals surface area contributed by atoms with Gasteiger partial charge in [-0.3, -0.25) is 9.58 Å².